The minimum absolute atomic E-state index is 0.0298. The SMILES string of the molecule is CC(C)(C)c1cc(-n2c[n+](-c3cccc(-[n+]4cn(-c5cc(C(C)(C)C)cc(C(C)(C)C)c5)c5ccccc54)c3)c3ccccc32)cc(C(C)(C)C)c1. The van der Waals surface area contributed by atoms with E-state index in [0.29, 0.717) is 0 Å². The van der Waals surface area contributed by atoms with Gasteiger partial charge in [-0.15, -0.1) is 0 Å². The van der Waals surface area contributed by atoms with Gasteiger partial charge in [0.2, 0.25) is 0 Å². The molecule has 2 heterocycles. The maximum atomic E-state index is 2.39. The molecule has 0 bridgehead atoms. The van der Waals surface area contributed by atoms with E-state index in [-0.39, 0.29) is 21.7 Å². The summed E-state index contributed by atoms with van der Waals surface area (Å²) in [6.07, 6.45) is 4.52. The molecule has 0 aliphatic carbocycles. The number of nitrogens with zero attached hydrogens (tertiary/aromatic N) is 4. The summed E-state index contributed by atoms with van der Waals surface area (Å²) in [7, 11) is 0. The van der Waals surface area contributed by atoms with Gasteiger partial charge in [-0.2, -0.15) is 18.3 Å². The Morgan fingerprint density at radius 3 is 1.02 bits per heavy atom. The Hall–Kier alpha value is -4.96. The first-order chi connectivity index (χ1) is 24.3. The number of hydrogen-bond acceptors (Lipinski definition) is 0. The molecule has 266 valence electrons. The second-order valence-electron chi connectivity index (χ2n) is 18.7. The van der Waals surface area contributed by atoms with Crippen molar-refractivity contribution >= 4 is 22.1 Å². The van der Waals surface area contributed by atoms with Gasteiger partial charge in [-0.1, -0.05) is 126 Å². The smallest absolute Gasteiger partial charge is 0.195 e. The first-order valence-electron chi connectivity index (χ1n) is 18.8. The van der Waals surface area contributed by atoms with Crippen LogP contribution in [0.5, 0.6) is 0 Å². The molecule has 5 aromatic carbocycles. The Balaban J connectivity index is 1.40. The maximum absolute atomic E-state index is 2.39. The minimum Gasteiger partial charge on any atom is -0.195 e. The van der Waals surface area contributed by atoms with Crippen LogP contribution in [0.15, 0.2) is 122 Å². The van der Waals surface area contributed by atoms with Crippen LogP contribution in [0.25, 0.3) is 44.8 Å². The standard InChI is InChI=1S/C48H56N4/c1-45(2,3)33-24-34(46(4,5)6)27-39(26-33)51-31-49(41-20-13-15-22-43(41)51)37-18-17-19-38(30-37)50-32-52(44-23-16-14-21-42(44)50)40-28-35(47(7,8)9)25-36(29-40)48(10,11)12/h13-32H,1-12H3/q+2. The highest BCUT2D eigenvalue weighted by atomic mass is 15.2. The molecule has 0 fully saturated rings. The normalized spacial score (nSPS) is 13.0. The second-order valence-corrected chi connectivity index (χ2v) is 18.7. The van der Waals surface area contributed by atoms with E-state index in [1.807, 2.05) is 0 Å². The molecule has 0 saturated heterocycles. The van der Waals surface area contributed by atoms with Crippen molar-refractivity contribution in [2.75, 3.05) is 0 Å². The summed E-state index contributed by atoms with van der Waals surface area (Å²) in [5.74, 6) is 0. The van der Waals surface area contributed by atoms with Crippen LogP contribution in [0.2, 0.25) is 0 Å². The van der Waals surface area contributed by atoms with Gasteiger partial charge < -0.3 is 0 Å². The van der Waals surface area contributed by atoms with Gasteiger partial charge in [0, 0.05) is 6.07 Å². The number of imidazole rings is 2. The number of rotatable bonds is 4. The van der Waals surface area contributed by atoms with Gasteiger partial charge in [0.1, 0.15) is 22.7 Å². The Bertz CT molecular complexity index is 2210. The molecule has 0 amide bonds. The molecule has 0 N–H and O–H groups in total. The largest absolute Gasteiger partial charge is 0.255 e. The third-order valence-corrected chi connectivity index (χ3v) is 10.5. The van der Waals surface area contributed by atoms with Crippen molar-refractivity contribution in [1.29, 1.82) is 0 Å². The Kier molecular flexibility index (Phi) is 8.40. The summed E-state index contributed by atoms with van der Waals surface area (Å²) < 4.78 is 9.39. The van der Waals surface area contributed by atoms with Crippen molar-refractivity contribution in [2.24, 2.45) is 0 Å². The van der Waals surface area contributed by atoms with Crippen molar-refractivity contribution in [2.45, 2.75) is 105 Å². The van der Waals surface area contributed by atoms with Crippen molar-refractivity contribution < 1.29 is 9.13 Å². The van der Waals surface area contributed by atoms with Crippen molar-refractivity contribution in [3.8, 4) is 22.7 Å². The monoisotopic (exact) mass is 688 g/mol. The van der Waals surface area contributed by atoms with Crippen LogP contribution in [-0.4, -0.2) is 9.13 Å². The van der Waals surface area contributed by atoms with Crippen LogP contribution >= 0.6 is 0 Å². The van der Waals surface area contributed by atoms with Crippen LogP contribution in [0.3, 0.4) is 0 Å². The number of aromatic nitrogens is 4. The minimum atomic E-state index is 0.0298. The predicted molar refractivity (Wildman–Crippen MR) is 218 cm³/mol. The van der Waals surface area contributed by atoms with Crippen molar-refractivity contribution in [3.63, 3.8) is 0 Å². The van der Waals surface area contributed by atoms with E-state index >= 15 is 0 Å². The lowest BCUT2D eigenvalue weighted by Gasteiger charge is -2.25. The molecule has 0 saturated carbocycles. The maximum Gasteiger partial charge on any atom is 0.255 e. The number of benzene rings is 5. The fourth-order valence-corrected chi connectivity index (χ4v) is 7.07. The summed E-state index contributed by atoms with van der Waals surface area (Å²) in [6, 6.07) is 40.7. The number of fused-ring (bicyclic) bond motifs is 2. The zero-order valence-corrected chi connectivity index (χ0v) is 33.3. The van der Waals surface area contributed by atoms with Gasteiger partial charge in [0.05, 0.1) is 0 Å². The molecule has 4 nitrogen and oxygen atoms in total. The molecule has 0 spiro atoms. The zero-order valence-electron chi connectivity index (χ0n) is 33.3. The van der Waals surface area contributed by atoms with Gasteiger partial charge in [-0.25, -0.2) is 0 Å². The Morgan fingerprint density at radius 2 is 0.692 bits per heavy atom. The van der Waals surface area contributed by atoms with Gasteiger partial charge >= 0.3 is 0 Å². The van der Waals surface area contributed by atoms with Crippen LogP contribution in [0, 0.1) is 0 Å². The molecule has 4 heteroatoms. The lowest BCUT2D eigenvalue weighted by Crippen LogP contribution is -2.32. The van der Waals surface area contributed by atoms with Gasteiger partial charge in [0.25, 0.3) is 12.7 Å². The summed E-state index contributed by atoms with van der Waals surface area (Å²) in [5.41, 5.74) is 14.8. The highest BCUT2D eigenvalue weighted by Gasteiger charge is 2.27. The molecule has 7 rings (SSSR count). The van der Waals surface area contributed by atoms with E-state index in [2.05, 4.69) is 223 Å². The lowest BCUT2D eigenvalue weighted by molar-refractivity contribution is -0.576. The molecular formula is C48H56N4+2. The summed E-state index contributed by atoms with van der Waals surface area (Å²) in [4.78, 5) is 0. The van der Waals surface area contributed by atoms with E-state index < -0.39 is 0 Å². The molecule has 0 radical (unpaired) electrons. The zero-order chi connectivity index (χ0) is 37.4. The van der Waals surface area contributed by atoms with E-state index in [9.17, 15) is 0 Å². The molecule has 52 heavy (non-hydrogen) atoms. The summed E-state index contributed by atoms with van der Waals surface area (Å²) in [5, 5.41) is 0. The van der Waals surface area contributed by atoms with Gasteiger partial charge in [0.15, 0.2) is 22.1 Å². The highest BCUT2D eigenvalue weighted by Crippen LogP contribution is 2.34. The molecule has 7 aromatic rings. The Morgan fingerprint density at radius 1 is 0.365 bits per heavy atom. The van der Waals surface area contributed by atoms with E-state index in [4.69, 9.17) is 0 Å². The predicted octanol–water partition coefficient (Wildman–Crippen LogP) is 11.3. The number of hydrogen-bond donors (Lipinski definition) is 0. The molecular weight excluding hydrogens is 633 g/mol. The van der Waals surface area contributed by atoms with Gasteiger partial charge in [-0.3, -0.25) is 0 Å². The third kappa shape index (κ3) is 6.60. The second kappa shape index (κ2) is 12.3. The average Bonchev–Trinajstić information content (AvgIpc) is 3.66. The quantitative estimate of drug-likeness (QED) is 0.164. The molecule has 0 aliphatic heterocycles. The van der Waals surface area contributed by atoms with Crippen molar-refractivity contribution in [1.82, 2.24) is 9.13 Å². The third-order valence-electron chi connectivity index (χ3n) is 10.5. The first kappa shape index (κ1) is 35.4. The van der Waals surface area contributed by atoms with Crippen molar-refractivity contribution in [3.05, 3.63) is 144 Å². The van der Waals surface area contributed by atoms with Crippen LogP contribution in [-0.2, 0) is 21.7 Å². The highest BCUT2D eigenvalue weighted by molar-refractivity contribution is 5.76. The van der Waals surface area contributed by atoms with Crippen LogP contribution in [0.1, 0.15) is 105 Å². The topological polar surface area (TPSA) is 17.6 Å². The number of para-hydroxylation sites is 4. The fraction of sp³-hybridized carbons (Fsp3) is 0.333. The van der Waals surface area contributed by atoms with Crippen LogP contribution < -0.4 is 9.13 Å². The molecule has 2 aromatic heterocycles. The first-order valence-corrected chi connectivity index (χ1v) is 18.8. The lowest BCUT2D eigenvalue weighted by atomic mass is 9.80. The Labute approximate surface area is 311 Å². The molecule has 0 unspecified atom stereocenters. The van der Waals surface area contributed by atoms with Gasteiger partial charge in [-0.05, 0) is 105 Å². The fourth-order valence-electron chi connectivity index (χ4n) is 7.07. The van der Waals surface area contributed by atoms with E-state index in [0.717, 1.165) is 11.4 Å². The van der Waals surface area contributed by atoms with E-state index in [1.165, 1.54) is 55.7 Å². The van der Waals surface area contributed by atoms with Crippen LogP contribution in [0.4, 0.5) is 0 Å². The summed E-state index contributed by atoms with van der Waals surface area (Å²) >= 11 is 0. The summed E-state index contributed by atoms with van der Waals surface area (Å²) in [6.45, 7) is 27.6. The molecule has 0 atom stereocenters. The van der Waals surface area contributed by atoms with E-state index in [1.54, 1.807) is 0 Å². The molecule has 0 aliphatic rings. The average molecular weight is 689 g/mol.